The van der Waals surface area contributed by atoms with Gasteiger partial charge in [0.2, 0.25) is 5.91 Å². The molecule has 1 saturated heterocycles. The van der Waals surface area contributed by atoms with Gasteiger partial charge in [-0.15, -0.1) is 0 Å². The first-order valence-electron chi connectivity index (χ1n) is 7.33. The van der Waals surface area contributed by atoms with Gasteiger partial charge < -0.3 is 10.6 Å². The van der Waals surface area contributed by atoms with Gasteiger partial charge in [0.1, 0.15) is 0 Å². The zero-order valence-electron chi connectivity index (χ0n) is 11.9. The zero-order valence-corrected chi connectivity index (χ0v) is 11.9. The normalized spacial score (nSPS) is 25.7. The number of nitrogens with one attached hydrogen (secondary N) is 2. The van der Waals surface area contributed by atoms with Crippen molar-refractivity contribution in [1.82, 2.24) is 15.5 Å². The van der Waals surface area contributed by atoms with E-state index in [9.17, 15) is 4.79 Å². The van der Waals surface area contributed by atoms with E-state index in [0.29, 0.717) is 12.1 Å². The number of hydrogen-bond donors (Lipinski definition) is 2. The highest BCUT2D eigenvalue weighted by Crippen LogP contribution is 2.23. The van der Waals surface area contributed by atoms with E-state index >= 15 is 0 Å². The average Bonchev–Trinajstić information content (AvgIpc) is 3.21. The Morgan fingerprint density at radius 2 is 1.78 bits per heavy atom. The minimum atomic E-state index is 0.0384. The molecule has 0 aromatic rings. The Bertz CT molecular complexity index is 283. The molecule has 104 valence electrons. The van der Waals surface area contributed by atoms with Crippen molar-refractivity contribution in [3.05, 3.63) is 0 Å². The molecule has 1 aliphatic carbocycles. The van der Waals surface area contributed by atoms with Crippen molar-refractivity contribution < 1.29 is 4.79 Å². The quantitative estimate of drug-likeness (QED) is 0.767. The van der Waals surface area contributed by atoms with Crippen LogP contribution in [0.2, 0.25) is 0 Å². The summed E-state index contributed by atoms with van der Waals surface area (Å²) in [4.78, 5) is 14.3. The third-order valence-corrected chi connectivity index (χ3v) is 4.59. The number of carbonyl (C=O) groups is 1. The molecule has 18 heavy (non-hydrogen) atoms. The van der Waals surface area contributed by atoms with Crippen molar-refractivity contribution in [3.8, 4) is 0 Å². The van der Waals surface area contributed by atoms with Crippen LogP contribution in [0.15, 0.2) is 0 Å². The van der Waals surface area contributed by atoms with Gasteiger partial charge in [0, 0.05) is 12.1 Å². The molecule has 4 heteroatoms. The SMILES string of the molecule is CNC(C)C1CCN(C(C)C(=O)NC2CC2)CC1. The molecule has 0 spiro atoms. The topological polar surface area (TPSA) is 44.4 Å². The summed E-state index contributed by atoms with van der Waals surface area (Å²) in [6.45, 7) is 6.40. The molecule has 2 unspecified atom stereocenters. The molecule has 2 N–H and O–H groups in total. The fraction of sp³-hybridized carbons (Fsp3) is 0.929. The molecule has 0 radical (unpaired) electrons. The number of rotatable bonds is 5. The maximum Gasteiger partial charge on any atom is 0.237 e. The highest BCUT2D eigenvalue weighted by Gasteiger charge is 2.31. The molecule has 2 atom stereocenters. The summed E-state index contributed by atoms with van der Waals surface area (Å²) >= 11 is 0. The van der Waals surface area contributed by atoms with Gasteiger partial charge in [0.25, 0.3) is 0 Å². The number of carbonyl (C=O) groups excluding carboxylic acids is 1. The van der Waals surface area contributed by atoms with E-state index in [1.807, 2.05) is 14.0 Å². The predicted octanol–water partition coefficient (Wildman–Crippen LogP) is 0.973. The van der Waals surface area contributed by atoms with E-state index in [0.717, 1.165) is 19.0 Å². The highest BCUT2D eigenvalue weighted by molar-refractivity contribution is 5.81. The Morgan fingerprint density at radius 3 is 2.28 bits per heavy atom. The lowest BCUT2D eigenvalue weighted by Gasteiger charge is -2.37. The van der Waals surface area contributed by atoms with Crippen LogP contribution in [0.4, 0.5) is 0 Å². The second-order valence-corrected chi connectivity index (χ2v) is 5.91. The largest absolute Gasteiger partial charge is 0.352 e. The summed E-state index contributed by atoms with van der Waals surface area (Å²) in [5, 5.41) is 6.44. The second-order valence-electron chi connectivity index (χ2n) is 5.91. The van der Waals surface area contributed by atoms with Crippen molar-refractivity contribution >= 4 is 5.91 Å². The van der Waals surface area contributed by atoms with E-state index in [1.165, 1.54) is 25.7 Å². The van der Waals surface area contributed by atoms with Gasteiger partial charge in [-0.2, -0.15) is 0 Å². The molecule has 1 heterocycles. The zero-order chi connectivity index (χ0) is 13.1. The number of nitrogens with zero attached hydrogens (tertiary/aromatic N) is 1. The number of likely N-dealkylation sites (tertiary alicyclic amines) is 1. The first kappa shape index (κ1) is 13.8. The summed E-state index contributed by atoms with van der Waals surface area (Å²) < 4.78 is 0. The summed E-state index contributed by atoms with van der Waals surface area (Å²) in [7, 11) is 2.03. The van der Waals surface area contributed by atoms with Gasteiger partial charge >= 0.3 is 0 Å². The highest BCUT2D eigenvalue weighted by atomic mass is 16.2. The Morgan fingerprint density at radius 1 is 1.17 bits per heavy atom. The van der Waals surface area contributed by atoms with Crippen LogP contribution in [0.1, 0.15) is 39.5 Å². The summed E-state index contributed by atoms with van der Waals surface area (Å²) in [6, 6.07) is 1.10. The molecule has 2 rings (SSSR count). The Hall–Kier alpha value is -0.610. The Labute approximate surface area is 110 Å². The summed E-state index contributed by atoms with van der Waals surface area (Å²) in [6.07, 6.45) is 4.73. The third-order valence-electron chi connectivity index (χ3n) is 4.59. The van der Waals surface area contributed by atoms with Crippen LogP contribution in [0.5, 0.6) is 0 Å². The predicted molar refractivity (Wildman–Crippen MR) is 73.4 cm³/mol. The smallest absolute Gasteiger partial charge is 0.237 e. The van der Waals surface area contributed by atoms with Crippen molar-refractivity contribution in [3.63, 3.8) is 0 Å². The lowest BCUT2D eigenvalue weighted by Crippen LogP contribution is -2.50. The Balaban J connectivity index is 1.75. The fourth-order valence-corrected chi connectivity index (χ4v) is 2.76. The van der Waals surface area contributed by atoms with Crippen molar-refractivity contribution in [2.75, 3.05) is 20.1 Å². The molecular formula is C14H27N3O. The monoisotopic (exact) mass is 253 g/mol. The van der Waals surface area contributed by atoms with Gasteiger partial charge in [-0.1, -0.05) is 0 Å². The van der Waals surface area contributed by atoms with Crippen LogP contribution in [0.3, 0.4) is 0 Å². The van der Waals surface area contributed by atoms with Crippen molar-refractivity contribution in [2.24, 2.45) is 5.92 Å². The minimum Gasteiger partial charge on any atom is -0.352 e. The third kappa shape index (κ3) is 3.45. The van der Waals surface area contributed by atoms with Crippen molar-refractivity contribution in [1.29, 1.82) is 0 Å². The lowest BCUT2D eigenvalue weighted by molar-refractivity contribution is -0.126. The molecule has 0 aromatic carbocycles. The molecule has 1 aliphatic heterocycles. The number of amides is 1. The van der Waals surface area contributed by atoms with Gasteiger partial charge in [-0.25, -0.2) is 0 Å². The van der Waals surface area contributed by atoms with E-state index < -0.39 is 0 Å². The fourth-order valence-electron chi connectivity index (χ4n) is 2.76. The van der Waals surface area contributed by atoms with Gasteiger partial charge in [-0.3, -0.25) is 9.69 Å². The van der Waals surface area contributed by atoms with Gasteiger partial charge in [0.05, 0.1) is 6.04 Å². The van der Waals surface area contributed by atoms with Gasteiger partial charge in [-0.05, 0) is 65.6 Å². The average molecular weight is 253 g/mol. The molecule has 4 nitrogen and oxygen atoms in total. The molecule has 0 bridgehead atoms. The molecule has 1 saturated carbocycles. The Kier molecular flexibility index (Phi) is 4.62. The molecule has 0 aromatic heterocycles. The number of piperidine rings is 1. The molecule has 1 amide bonds. The minimum absolute atomic E-state index is 0.0384. The first-order valence-corrected chi connectivity index (χ1v) is 7.33. The first-order chi connectivity index (χ1) is 8.61. The second kappa shape index (κ2) is 6.02. The van der Waals surface area contributed by atoms with Crippen LogP contribution in [-0.4, -0.2) is 49.1 Å². The molecule has 2 fully saturated rings. The lowest BCUT2D eigenvalue weighted by atomic mass is 9.90. The number of hydrogen-bond acceptors (Lipinski definition) is 3. The summed E-state index contributed by atoms with van der Waals surface area (Å²) in [5.74, 6) is 0.975. The van der Waals surface area contributed by atoms with Crippen LogP contribution in [0.25, 0.3) is 0 Å². The molecule has 2 aliphatic rings. The van der Waals surface area contributed by atoms with E-state index in [2.05, 4.69) is 22.5 Å². The van der Waals surface area contributed by atoms with Gasteiger partial charge in [0.15, 0.2) is 0 Å². The molecular weight excluding hydrogens is 226 g/mol. The van der Waals surface area contributed by atoms with Crippen LogP contribution < -0.4 is 10.6 Å². The standard InChI is InChI=1S/C14H27N3O/c1-10(15-3)12-6-8-17(9-7-12)11(2)14(18)16-13-4-5-13/h10-13,15H,4-9H2,1-3H3,(H,16,18). The van der Waals surface area contributed by atoms with E-state index in [-0.39, 0.29) is 11.9 Å². The summed E-state index contributed by atoms with van der Waals surface area (Å²) in [5.41, 5.74) is 0. The maximum absolute atomic E-state index is 12.0. The van der Waals surface area contributed by atoms with Crippen LogP contribution >= 0.6 is 0 Å². The van der Waals surface area contributed by atoms with E-state index in [1.54, 1.807) is 0 Å². The van der Waals surface area contributed by atoms with Crippen LogP contribution in [-0.2, 0) is 4.79 Å². The van der Waals surface area contributed by atoms with Crippen LogP contribution in [0, 0.1) is 5.92 Å². The van der Waals surface area contributed by atoms with Crippen molar-refractivity contribution in [2.45, 2.75) is 57.7 Å². The van der Waals surface area contributed by atoms with E-state index in [4.69, 9.17) is 0 Å². The maximum atomic E-state index is 12.0.